The SMILES string of the molecule is CCOC(=O)c1cncc(-c2c(C(=O)/C=C/c3ccccn3)c(=O)[nH]c3ccc(Cl)cc23)c1. The van der Waals surface area contributed by atoms with Gasteiger partial charge in [-0.05, 0) is 55.5 Å². The Balaban J connectivity index is 1.94. The maximum absolute atomic E-state index is 13.2. The molecule has 164 valence electrons. The number of pyridine rings is 3. The van der Waals surface area contributed by atoms with Crippen LogP contribution < -0.4 is 5.56 Å². The molecule has 0 bridgehead atoms. The van der Waals surface area contributed by atoms with Gasteiger partial charge in [-0.25, -0.2) is 4.79 Å². The Morgan fingerprint density at radius 2 is 2.00 bits per heavy atom. The maximum atomic E-state index is 13.2. The molecule has 8 heteroatoms. The topological polar surface area (TPSA) is 102 Å². The van der Waals surface area contributed by atoms with Gasteiger partial charge >= 0.3 is 5.97 Å². The Hall–Kier alpha value is -4.10. The molecule has 0 aliphatic carbocycles. The Bertz CT molecular complexity index is 1450. The number of nitrogens with zero attached hydrogens (tertiary/aromatic N) is 2. The van der Waals surface area contributed by atoms with Gasteiger partial charge in [0.2, 0.25) is 0 Å². The average molecular weight is 460 g/mol. The van der Waals surface area contributed by atoms with Gasteiger partial charge in [0.25, 0.3) is 5.56 Å². The molecule has 1 aromatic carbocycles. The molecule has 0 aliphatic rings. The molecule has 0 saturated heterocycles. The van der Waals surface area contributed by atoms with Crippen LogP contribution in [0.4, 0.5) is 0 Å². The van der Waals surface area contributed by atoms with Crippen molar-refractivity contribution in [2.45, 2.75) is 6.92 Å². The fraction of sp³-hybridized carbons (Fsp3) is 0.0800. The summed E-state index contributed by atoms with van der Waals surface area (Å²) in [4.78, 5) is 49.5. The second kappa shape index (κ2) is 9.58. The number of aromatic amines is 1. The van der Waals surface area contributed by atoms with E-state index in [1.54, 1.807) is 55.6 Å². The molecule has 1 N–H and O–H groups in total. The fourth-order valence-electron chi connectivity index (χ4n) is 3.42. The molecule has 0 unspecified atom stereocenters. The van der Waals surface area contributed by atoms with Crippen LogP contribution in [-0.2, 0) is 4.74 Å². The summed E-state index contributed by atoms with van der Waals surface area (Å²) in [6, 6.07) is 11.8. The lowest BCUT2D eigenvalue weighted by atomic mass is 9.94. The number of hydrogen-bond donors (Lipinski definition) is 1. The zero-order valence-corrected chi connectivity index (χ0v) is 18.3. The molecular weight excluding hydrogens is 442 g/mol. The van der Waals surface area contributed by atoms with Crippen LogP contribution in [0.3, 0.4) is 0 Å². The van der Waals surface area contributed by atoms with Gasteiger partial charge in [0.1, 0.15) is 0 Å². The molecule has 0 fully saturated rings. The number of halogens is 1. The monoisotopic (exact) mass is 459 g/mol. The molecule has 0 amide bonds. The number of nitrogens with one attached hydrogen (secondary N) is 1. The van der Waals surface area contributed by atoms with E-state index < -0.39 is 17.3 Å². The maximum Gasteiger partial charge on any atom is 0.339 e. The fourth-order valence-corrected chi connectivity index (χ4v) is 3.59. The number of esters is 1. The normalized spacial score (nSPS) is 11.1. The number of ketones is 1. The van der Waals surface area contributed by atoms with E-state index in [0.717, 1.165) is 0 Å². The number of rotatable bonds is 6. The number of allylic oxidation sites excluding steroid dienone is 1. The minimum atomic E-state index is -0.572. The van der Waals surface area contributed by atoms with E-state index in [-0.39, 0.29) is 17.7 Å². The highest BCUT2D eigenvalue weighted by atomic mass is 35.5. The van der Waals surface area contributed by atoms with Crippen LogP contribution >= 0.6 is 11.6 Å². The second-order valence-electron chi connectivity index (χ2n) is 7.03. The Labute approximate surface area is 193 Å². The minimum absolute atomic E-state index is 0.0974. The zero-order chi connectivity index (χ0) is 23.4. The van der Waals surface area contributed by atoms with Crippen molar-refractivity contribution in [2.24, 2.45) is 0 Å². The molecule has 4 aromatic rings. The lowest BCUT2D eigenvalue weighted by Gasteiger charge is -2.12. The van der Waals surface area contributed by atoms with Gasteiger partial charge in [0, 0.05) is 45.6 Å². The first-order chi connectivity index (χ1) is 16.0. The molecule has 7 nitrogen and oxygen atoms in total. The van der Waals surface area contributed by atoms with E-state index in [2.05, 4.69) is 15.0 Å². The third kappa shape index (κ3) is 4.73. The van der Waals surface area contributed by atoms with Gasteiger partial charge in [-0.15, -0.1) is 0 Å². The first-order valence-corrected chi connectivity index (χ1v) is 10.5. The molecule has 4 rings (SSSR count). The van der Waals surface area contributed by atoms with Crippen molar-refractivity contribution < 1.29 is 14.3 Å². The van der Waals surface area contributed by atoms with Crippen LogP contribution in [0, 0.1) is 0 Å². The van der Waals surface area contributed by atoms with Crippen molar-refractivity contribution in [1.82, 2.24) is 15.0 Å². The van der Waals surface area contributed by atoms with Crippen molar-refractivity contribution in [1.29, 1.82) is 0 Å². The van der Waals surface area contributed by atoms with Crippen molar-refractivity contribution >= 4 is 40.3 Å². The number of aromatic nitrogens is 3. The third-order valence-corrected chi connectivity index (χ3v) is 5.09. The first kappa shape index (κ1) is 22.1. The summed E-state index contributed by atoms with van der Waals surface area (Å²) < 4.78 is 5.06. The second-order valence-corrected chi connectivity index (χ2v) is 7.47. The smallest absolute Gasteiger partial charge is 0.339 e. The lowest BCUT2D eigenvalue weighted by Crippen LogP contribution is -2.19. The average Bonchev–Trinajstić information content (AvgIpc) is 2.83. The van der Waals surface area contributed by atoms with Crippen molar-refractivity contribution in [3.63, 3.8) is 0 Å². The van der Waals surface area contributed by atoms with Gasteiger partial charge in [-0.2, -0.15) is 0 Å². The van der Waals surface area contributed by atoms with Gasteiger partial charge in [0.05, 0.1) is 23.4 Å². The van der Waals surface area contributed by atoms with Gasteiger partial charge in [-0.1, -0.05) is 17.7 Å². The van der Waals surface area contributed by atoms with Crippen LogP contribution in [-0.4, -0.2) is 33.3 Å². The van der Waals surface area contributed by atoms with Gasteiger partial charge < -0.3 is 9.72 Å². The lowest BCUT2D eigenvalue weighted by molar-refractivity contribution is 0.0526. The number of hydrogen-bond acceptors (Lipinski definition) is 6. The third-order valence-electron chi connectivity index (χ3n) is 4.85. The molecule has 3 aromatic heterocycles. The van der Waals surface area contributed by atoms with Crippen LogP contribution in [0.2, 0.25) is 5.02 Å². The van der Waals surface area contributed by atoms with E-state index in [9.17, 15) is 14.4 Å². The van der Waals surface area contributed by atoms with Crippen LogP contribution in [0.15, 0.2) is 71.9 Å². The van der Waals surface area contributed by atoms with Crippen LogP contribution in [0.1, 0.15) is 33.3 Å². The standard InChI is InChI=1S/C25H18ClN3O4/c1-2-33-25(32)16-11-15(13-27-14-16)22-19-12-17(26)6-8-20(19)29-24(31)23(22)21(30)9-7-18-5-3-4-10-28-18/h3-14H,2H2,1H3,(H,29,31)/b9-7+. The van der Waals surface area contributed by atoms with Crippen LogP contribution in [0.25, 0.3) is 28.1 Å². The molecular formula is C25H18ClN3O4. The molecule has 3 heterocycles. The van der Waals surface area contributed by atoms with E-state index in [4.69, 9.17) is 16.3 Å². The molecule has 0 radical (unpaired) electrons. The Kier molecular flexibility index (Phi) is 6.42. The summed E-state index contributed by atoms with van der Waals surface area (Å²) in [7, 11) is 0. The van der Waals surface area contributed by atoms with E-state index >= 15 is 0 Å². The number of carbonyl (C=O) groups excluding carboxylic acids is 2. The van der Waals surface area contributed by atoms with Crippen molar-refractivity contribution in [2.75, 3.05) is 6.61 Å². The van der Waals surface area contributed by atoms with Crippen molar-refractivity contribution in [3.05, 3.63) is 99.3 Å². The van der Waals surface area contributed by atoms with E-state index in [1.807, 2.05) is 0 Å². The molecule has 0 aliphatic heterocycles. The molecule has 0 spiro atoms. The largest absolute Gasteiger partial charge is 0.462 e. The quantitative estimate of drug-likeness (QED) is 0.254. The highest BCUT2D eigenvalue weighted by Crippen LogP contribution is 2.32. The summed E-state index contributed by atoms with van der Waals surface area (Å²) in [5, 5.41) is 0.965. The van der Waals surface area contributed by atoms with Crippen LogP contribution in [0.5, 0.6) is 0 Å². The van der Waals surface area contributed by atoms with Gasteiger partial charge in [0.15, 0.2) is 5.78 Å². The number of carbonyl (C=O) groups is 2. The first-order valence-electron chi connectivity index (χ1n) is 10.1. The Morgan fingerprint density at radius 1 is 1.15 bits per heavy atom. The molecule has 0 saturated carbocycles. The molecule has 0 atom stereocenters. The number of H-pyrrole nitrogens is 1. The van der Waals surface area contributed by atoms with Gasteiger partial charge in [-0.3, -0.25) is 19.6 Å². The number of ether oxygens (including phenoxy) is 1. The predicted molar refractivity (Wildman–Crippen MR) is 126 cm³/mol. The Morgan fingerprint density at radius 3 is 2.76 bits per heavy atom. The predicted octanol–water partition coefficient (Wildman–Crippen LogP) is 4.71. The summed E-state index contributed by atoms with van der Waals surface area (Å²) in [5.74, 6) is -1.08. The molecule has 33 heavy (non-hydrogen) atoms. The highest BCUT2D eigenvalue weighted by molar-refractivity contribution is 6.31. The zero-order valence-electron chi connectivity index (χ0n) is 17.5. The minimum Gasteiger partial charge on any atom is -0.462 e. The van der Waals surface area contributed by atoms with E-state index in [1.165, 1.54) is 24.5 Å². The number of fused-ring (bicyclic) bond motifs is 1. The summed E-state index contributed by atoms with van der Waals surface area (Å²) >= 11 is 6.23. The number of benzene rings is 1. The van der Waals surface area contributed by atoms with Crippen molar-refractivity contribution in [3.8, 4) is 11.1 Å². The summed E-state index contributed by atoms with van der Waals surface area (Å²) in [6.07, 6.45) is 7.27. The van der Waals surface area contributed by atoms with E-state index in [0.29, 0.717) is 32.7 Å². The highest BCUT2D eigenvalue weighted by Gasteiger charge is 2.21. The summed E-state index contributed by atoms with van der Waals surface area (Å²) in [6.45, 7) is 1.90. The summed E-state index contributed by atoms with van der Waals surface area (Å²) in [5.41, 5.74) is 1.33.